The lowest BCUT2D eigenvalue weighted by Crippen LogP contribution is -2.21. The molecule has 0 spiro atoms. The van der Waals surface area contributed by atoms with Crippen molar-refractivity contribution in [1.29, 1.82) is 0 Å². The SMILES string of the molecule is Nc1nc(C(F)(F)F)c(Oc2cccc(C(F)(F)F)c2)c(=O)[nH]1. The summed E-state index contributed by atoms with van der Waals surface area (Å²) in [4.78, 5) is 16.3. The third kappa shape index (κ3) is 3.73. The Kier molecular flexibility index (Phi) is 3.97. The van der Waals surface area contributed by atoms with Crippen LogP contribution in [-0.4, -0.2) is 9.97 Å². The van der Waals surface area contributed by atoms with Gasteiger partial charge in [-0.15, -0.1) is 0 Å². The number of alkyl halides is 6. The molecule has 1 heterocycles. The first-order valence-corrected chi connectivity index (χ1v) is 5.80. The van der Waals surface area contributed by atoms with Gasteiger partial charge in [-0.05, 0) is 18.2 Å². The molecule has 1 aromatic carbocycles. The molecule has 0 aliphatic heterocycles. The molecule has 2 rings (SSSR count). The number of hydrogen-bond donors (Lipinski definition) is 2. The molecule has 0 saturated heterocycles. The molecule has 0 bridgehead atoms. The number of H-pyrrole nitrogens is 1. The number of nitrogens with two attached hydrogens (primary N) is 1. The van der Waals surface area contributed by atoms with E-state index in [0.717, 1.165) is 12.1 Å². The minimum atomic E-state index is -5.08. The lowest BCUT2D eigenvalue weighted by Gasteiger charge is -2.13. The highest BCUT2D eigenvalue weighted by Crippen LogP contribution is 2.36. The lowest BCUT2D eigenvalue weighted by atomic mass is 10.2. The Balaban J connectivity index is 2.51. The number of nitrogens with zero attached hydrogens (tertiary/aromatic N) is 1. The van der Waals surface area contributed by atoms with Crippen molar-refractivity contribution in [2.24, 2.45) is 0 Å². The van der Waals surface area contributed by atoms with E-state index >= 15 is 0 Å². The van der Waals surface area contributed by atoms with Gasteiger partial charge in [-0.3, -0.25) is 9.78 Å². The third-order valence-corrected chi connectivity index (χ3v) is 2.54. The van der Waals surface area contributed by atoms with Gasteiger partial charge in [0.2, 0.25) is 11.7 Å². The first-order valence-electron chi connectivity index (χ1n) is 5.80. The molecule has 1 aromatic heterocycles. The predicted molar refractivity (Wildman–Crippen MR) is 65.8 cm³/mol. The summed E-state index contributed by atoms with van der Waals surface area (Å²) in [7, 11) is 0. The summed E-state index contributed by atoms with van der Waals surface area (Å²) in [5.41, 5.74) is 0.766. The number of nitrogen functional groups attached to an aromatic ring is 1. The molecule has 0 unspecified atom stereocenters. The number of anilines is 1. The van der Waals surface area contributed by atoms with Crippen LogP contribution in [0.1, 0.15) is 11.3 Å². The summed E-state index contributed by atoms with van der Waals surface area (Å²) in [5, 5.41) is 0. The highest BCUT2D eigenvalue weighted by Gasteiger charge is 2.39. The molecule has 0 aliphatic rings. The normalized spacial score (nSPS) is 12.3. The average Bonchev–Trinajstić information content (AvgIpc) is 2.40. The Morgan fingerprint density at radius 2 is 1.74 bits per heavy atom. The summed E-state index contributed by atoms with van der Waals surface area (Å²) in [6.45, 7) is 0. The highest BCUT2D eigenvalue weighted by atomic mass is 19.4. The summed E-state index contributed by atoms with van der Waals surface area (Å²) in [5.74, 6) is -2.72. The second-order valence-electron chi connectivity index (χ2n) is 4.25. The summed E-state index contributed by atoms with van der Waals surface area (Å²) in [6, 6.07) is 3.04. The highest BCUT2D eigenvalue weighted by molar-refractivity contribution is 5.38. The summed E-state index contributed by atoms with van der Waals surface area (Å²) in [6.07, 6.45) is -9.81. The molecule has 124 valence electrons. The Labute approximate surface area is 123 Å². The molecule has 2 aromatic rings. The van der Waals surface area contributed by atoms with Crippen molar-refractivity contribution < 1.29 is 31.1 Å². The van der Waals surface area contributed by atoms with Crippen LogP contribution in [0.3, 0.4) is 0 Å². The number of halogens is 6. The summed E-state index contributed by atoms with van der Waals surface area (Å²) < 4.78 is 80.9. The Morgan fingerprint density at radius 3 is 2.30 bits per heavy atom. The molecule has 0 amide bonds. The van der Waals surface area contributed by atoms with Crippen molar-refractivity contribution in [3.63, 3.8) is 0 Å². The second-order valence-corrected chi connectivity index (χ2v) is 4.25. The maximum atomic E-state index is 12.8. The van der Waals surface area contributed by atoms with Crippen LogP contribution in [0.25, 0.3) is 0 Å². The number of hydrogen-bond acceptors (Lipinski definition) is 4. The van der Waals surface area contributed by atoms with E-state index in [9.17, 15) is 31.1 Å². The maximum absolute atomic E-state index is 12.8. The smallest absolute Gasteiger partial charge is 0.437 e. The average molecular weight is 339 g/mol. The van der Waals surface area contributed by atoms with Crippen molar-refractivity contribution in [2.75, 3.05) is 5.73 Å². The zero-order valence-corrected chi connectivity index (χ0v) is 10.9. The van der Waals surface area contributed by atoms with Crippen LogP contribution in [0, 0.1) is 0 Å². The molecular formula is C12H7F6N3O2. The number of aromatic amines is 1. The van der Waals surface area contributed by atoms with Crippen LogP contribution in [0.15, 0.2) is 29.1 Å². The van der Waals surface area contributed by atoms with Crippen LogP contribution < -0.4 is 16.0 Å². The van der Waals surface area contributed by atoms with Crippen molar-refractivity contribution in [3.05, 3.63) is 45.9 Å². The first kappa shape index (κ1) is 16.6. The molecule has 0 fully saturated rings. The van der Waals surface area contributed by atoms with Gasteiger partial charge in [0, 0.05) is 0 Å². The molecule has 0 atom stereocenters. The Bertz CT molecular complexity index is 782. The third-order valence-electron chi connectivity index (χ3n) is 2.54. The van der Waals surface area contributed by atoms with Gasteiger partial charge in [0.25, 0.3) is 5.56 Å². The first-order chi connectivity index (χ1) is 10.5. The standard InChI is InChI=1S/C12H7F6N3O2/c13-11(14,15)5-2-1-3-6(4-5)23-7-8(12(16,17)18)20-10(19)21-9(7)22/h1-4H,(H3,19,20,21,22). The van der Waals surface area contributed by atoms with Crippen LogP contribution >= 0.6 is 0 Å². The van der Waals surface area contributed by atoms with Gasteiger partial charge in [0.15, 0.2) is 5.69 Å². The van der Waals surface area contributed by atoms with Gasteiger partial charge in [-0.2, -0.15) is 26.3 Å². The van der Waals surface area contributed by atoms with Gasteiger partial charge in [-0.25, -0.2) is 4.98 Å². The van der Waals surface area contributed by atoms with E-state index in [1.807, 2.05) is 0 Å². The fourth-order valence-corrected chi connectivity index (χ4v) is 1.62. The van der Waals surface area contributed by atoms with Gasteiger partial charge in [0.05, 0.1) is 5.56 Å². The molecule has 11 heteroatoms. The molecule has 0 aliphatic carbocycles. The molecule has 3 N–H and O–H groups in total. The van der Waals surface area contributed by atoms with E-state index in [1.165, 1.54) is 0 Å². The quantitative estimate of drug-likeness (QED) is 0.824. The van der Waals surface area contributed by atoms with E-state index in [4.69, 9.17) is 5.73 Å². The zero-order chi connectivity index (χ0) is 17.4. The van der Waals surface area contributed by atoms with Crippen molar-refractivity contribution in [3.8, 4) is 11.5 Å². The minimum absolute atomic E-state index is 0.454. The monoisotopic (exact) mass is 339 g/mol. The number of ether oxygens (including phenoxy) is 1. The molecule has 5 nitrogen and oxygen atoms in total. The molecule has 23 heavy (non-hydrogen) atoms. The second kappa shape index (κ2) is 5.48. The molecule has 0 radical (unpaired) electrons. The van der Waals surface area contributed by atoms with Crippen molar-refractivity contribution in [1.82, 2.24) is 9.97 Å². The van der Waals surface area contributed by atoms with Gasteiger partial charge >= 0.3 is 12.4 Å². The lowest BCUT2D eigenvalue weighted by molar-refractivity contribution is -0.142. The van der Waals surface area contributed by atoms with Gasteiger partial charge < -0.3 is 10.5 Å². The minimum Gasteiger partial charge on any atom is -0.449 e. The zero-order valence-electron chi connectivity index (χ0n) is 10.9. The fourth-order valence-electron chi connectivity index (χ4n) is 1.62. The van der Waals surface area contributed by atoms with E-state index in [2.05, 4.69) is 9.72 Å². The number of nitrogens with one attached hydrogen (secondary N) is 1. The Hall–Kier alpha value is -2.72. The molecular weight excluding hydrogens is 332 g/mol. The van der Waals surface area contributed by atoms with Gasteiger partial charge in [0.1, 0.15) is 5.75 Å². The van der Waals surface area contributed by atoms with Crippen LogP contribution in [0.4, 0.5) is 32.3 Å². The van der Waals surface area contributed by atoms with E-state index in [0.29, 0.717) is 12.1 Å². The topological polar surface area (TPSA) is 81.0 Å². The largest absolute Gasteiger partial charge is 0.449 e. The van der Waals surface area contributed by atoms with Gasteiger partial charge in [-0.1, -0.05) is 6.07 Å². The predicted octanol–water partition coefficient (Wildman–Crippen LogP) is 3.18. The number of aromatic nitrogens is 2. The van der Waals surface area contributed by atoms with E-state index in [1.54, 1.807) is 4.98 Å². The van der Waals surface area contributed by atoms with Crippen LogP contribution in [0.5, 0.6) is 11.5 Å². The van der Waals surface area contributed by atoms with Crippen molar-refractivity contribution >= 4 is 5.95 Å². The number of rotatable bonds is 2. The van der Waals surface area contributed by atoms with Crippen LogP contribution in [-0.2, 0) is 12.4 Å². The molecule has 0 saturated carbocycles. The fraction of sp³-hybridized carbons (Fsp3) is 0.167. The summed E-state index contributed by atoms with van der Waals surface area (Å²) >= 11 is 0. The van der Waals surface area contributed by atoms with E-state index in [-0.39, 0.29) is 0 Å². The number of benzene rings is 1. The van der Waals surface area contributed by atoms with E-state index < -0.39 is 46.6 Å². The van der Waals surface area contributed by atoms with Crippen molar-refractivity contribution in [2.45, 2.75) is 12.4 Å². The Morgan fingerprint density at radius 1 is 1.09 bits per heavy atom. The van der Waals surface area contributed by atoms with Crippen LogP contribution in [0.2, 0.25) is 0 Å². The maximum Gasteiger partial charge on any atom is 0.437 e.